The summed E-state index contributed by atoms with van der Waals surface area (Å²) >= 11 is 0. The molecule has 1 rings (SSSR count). The van der Waals surface area contributed by atoms with E-state index in [1.54, 1.807) is 0 Å². The lowest BCUT2D eigenvalue weighted by molar-refractivity contribution is -0.146. The molecule has 0 aromatic heterocycles. The Bertz CT molecular complexity index is 384. The van der Waals surface area contributed by atoms with Crippen molar-refractivity contribution in [1.29, 1.82) is 0 Å². The van der Waals surface area contributed by atoms with Crippen LogP contribution in [0.25, 0.3) is 0 Å². The Hall–Kier alpha value is -1.63. The van der Waals surface area contributed by atoms with Crippen molar-refractivity contribution in [2.75, 3.05) is 26.3 Å². The van der Waals surface area contributed by atoms with Gasteiger partial charge in [0.1, 0.15) is 0 Å². The van der Waals surface area contributed by atoms with E-state index >= 15 is 0 Å². The molecule has 7 heteroatoms. The van der Waals surface area contributed by atoms with Crippen molar-refractivity contribution in [2.45, 2.75) is 39.2 Å². The van der Waals surface area contributed by atoms with Crippen LogP contribution in [-0.2, 0) is 19.1 Å². The first-order valence-corrected chi connectivity index (χ1v) is 7.26. The van der Waals surface area contributed by atoms with Gasteiger partial charge in [0.15, 0.2) is 0 Å². The van der Waals surface area contributed by atoms with Crippen LogP contribution in [0.15, 0.2) is 0 Å². The molecule has 1 fully saturated rings. The molecule has 7 nitrogen and oxygen atoms in total. The Morgan fingerprint density at radius 3 is 2.71 bits per heavy atom. The molecule has 0 radical (unpaired) electrons. The molecule has 0 aromatic rings. The summed E-state index contributed by atoms with van der Waals surface area (Å²) in [6.45, 7) is 4.94. The molecule has 1 aliphatic rings. The third-order valence-electron chi connectivity index (χ3n) is 3.34. The van der Waals surface area contributed by atoms with Crippen LogP contribution in [0.1, 0.15) is 33.1 Å². The van der Waals surface area contributed by atoms with Gasteiger partial charge < -0.3 is 20.1 Å². The number of carboxylic acid groups (broad SMARTS) is 1. The van der Waals surface area contributed by atoms with Crippen LogP contribution in [-0.4, -0.2) is 60.1 Å². The first kappa shape index (κ1) is 17.4. The fraction of sp³-hybridized carbons (Fsp3) is 0.786. The molecule has 2 amide bonds. The second-order valence-corrected chi connectivity index (χ2v) is 5.62. The molecule has 1 aliphatic heterocycles. The fourth-order valence-electron chi connectivity index (χ4n) is 2.14. The van der Waals surface area contributed by atoms with E-state index in [0.717, 1.165) is 6.42 Å². The molecular formula is C14H24N2O5. The molecule has 21 heavy (non-hydrogen) atoms. The van der Waals surface area contributed by atoms with Gasteiger partial charge >= 0.3 is 5.97 Å². The highest BCUT2D eigenvalue weighted by Crippen LogP contribution is 2.11. The van der Waals surface area contributed by atoms with Gasteiger partial charge in [-0.1, -0.05) is 13.8 Å². The summed E-state index contributed by atoms with van der Waals surface area (Å²) < 4.78 is 5.21. The van der Waals surface area contributed by atoms with Gasteiger partial charge in [-0.15, -0.1) is 0 Å². The van der Waals surface area contributed by atoms with E-state index in [1.807, 2.05) is 13.8 Å². The number of carbonyl (C=O) groups excluding carboxylic acids is 2. The lowest BCUT2D eigenvalue weighted by Crippen LogP contribution is -2.52. The van der Waals surface area contributed by atoms with E-state index in [9.17, 15) is 14.4 Å². The zero-order valence-corrected chi connectivity index (χ0v) is 12.6. The Kier molecular flexibility index (Phi) is 7.14. The predicted molar refractivity (Wildman–Crippen MR) is 75.7 cm³/mol. The number of carbonyl (C=O) groups is 3. The highest BCUT2D eigenvalue weighted by molar-refractivity contribution is 5.85. The van der Waals surface area contributed by atoms with Gasteiger partial charge in [0.25, 0.3) is 0 Å². The zero-order valence-electron chi connectivity index (χ0n) is 12.6. The molecule has 2 N–H and O–H groups in total. The van der Waals surface area contributed by atoms with Crippen molar-refractivity contribution in [3.63, 3.8) is 0 Å². The predicted octanol–water partition coefficient (Wildman–Crippen LogP) is 0.241. The summed E-state index contributed by atoms with van der Waals surface area (Å²) in [5, 5.41) is 11.4. The first-order valence-electron chi connectivity index (χ1n) is 7.26. The number of morpholine rings is 1. The number of nitrogens with zero attached hydrogens (tertiary/aromatic N) is 1. The Balaban J connectivity index is 2.41. The highest BCUT2D eigenvalue weighted by Gasteiger charge is 2.29. The molecule has 1 saturated heterocycles. The fourth-order valence-corrected chi connectivity index (χ4v) is 2.14. The Morgan fingerprint density at radius 1 is 1.38 bits per heavy atom. The molecule has 1 unspecified atom stereocenters. The Labute approximate surface area is 124 Å². The quantitative estimate of drug-likeness (QED) is 0.702. The van der Waals surface area contributed by atoms with Crippen molar-refractivity contribution >= 4 is 17.8 Å². The number of hydrogen-bond acceptors (Lipinski definition) is 4. The van der Waals surface area contributed by atoms with Crippen LogP contribution < -0.4 is 5.32 Å². The number of aliphatic carboxylic acids is 1. The molecule has 0 bridgehead atoms. The maximum absolute atomic E-state index is 12.1. The van der Waals surface area contributed by atoms with Gasteiger partial charge in [-0.25, -0.2) is 0 Å². The summed E-state index contributed by atoms with van der Waals surface area (Å²) in [6, 6.07) is -0.462. The van der Waals surface area contributed by atoms with E-state index < -0.39 is 12.0 Å². The smallest absolute Gasteiger partial charge is 0.305 e. The molecule has 1 atom stereocenters. The van der Waals surface area contributed by atoms with Crippen molar-refractivity contribution in [3.8, 4) is 0 Å². The van der Waals surface area contributed by atoms with E-state index in [-0.39, 0.29) is 31.4 Å². The number of carboxylic acids is 1. The minimum atomic E-state index is -0.968. The lowest BCUT2D eigenvalue weighted by Gasteiger charge is -2.34. The van der Waals surface area contributed by atoms with Gasteiger partial charge in [-0.2, -0.15) is 0 Å². The van der Waals surface area contributed by atoms with E-state index in [2.05, 4.69) is 5.32 Å². The van der Waals surface area contributed by atoms with Gasteiger partial charge in [0.05, 0.1) is 32.2 Å². The number of ether oxygens (including phenoxy) is 1. The third kappa shape index (κ3) is 6.57. The summed E-state index contributed by atoms with van der Waals surface area (Å²) in [7, 11) is 0. The number of nitrogens with one attached hydrogen (secondary N) is 1. The van der Waals surface area contributed by atoms with Gasteiger partial charge in [0.2, 0.25) is 11.8 Å². The molecular weight excluding hydrogens is 276 g/mol. The zero-order chi connectivity index (χ0) is 15.8. The second kappa shape index (κ2) is 8.61. The monoisotopic (exact) mass is 300 g/mol. The van der Waals surface area contributed by atoms with E-state index in [1.165, 1.54) is 4.90 Å². The van der Waals surface area contributed by atoms with Crippen molar-refractivity contribution in [2.24, 2.45) is 5.92 Å². The SMILES string of the molecule is CC(C)CCC(=O)NCC(=O)N1CCOCC1CC(=O)O. The van der Waals surface area contributed by atoms with Crippen molar-refractivity contribution < 1.29 is 24.2 Å². The van der Waals surface area contributed by atoms with Crippen LogP contribution in [0, 0.1) is 5.92 Å². The van der Waals surface area contributed by atoms with Crippen molar-refractivity contribution in [3.05, 3.63) is 0 Å². The van der Waals surface area contributed by atoms with Crippen LogP contribution in [0.2, 0.25) is 0 Å². The van der Waals surface area contributed by atoms with Crippen LogP contribution in [0.4, 0.5) is 0 Å². The molecule has 1 heterocycles. The maximum Gasteiger partial charge on any atom is 0.305 e. The molecule has 0 saturated carbocycles. The van der Waals surface area contributed by atoms with Crippen LogP contribution in [0.5, 0.6) is 0 Å². The molecule has 0 aliphatic carbocycles. The minimum Gasteiger partial charge on any atom is -0.481 e. The van der Waals surface area contributed by atoms with Crippen LogP contribution >= 0.6 is 0 Å². The third-order valence-corrected chi connectivity index (χ3v) is 3.34. The Morgan fingerprint density at radius 2 is 2.10 bits per heavy atom. The number of rotatable bonds is 7. The molecule has 120 valence electrons. The summed E-state index contributed by atoms with van der Waals surface area (Å²) in [6.07, 6.45) is 1.03. The summed E-state index contributed by atoms with van der Waals surface area (Å²) in [5.74, 6) is -0.947. The largest absolute Gasteiger partial charge is 0.481 e. The number of hydrogen-bond donors (Lipinski definition) is 2. The van der Waals surface area contributed by atoms with Gasteiger partial charge in [-0.3, -0.25) is 14.4 Å². The van der Waals surface area contributed by atoms with Gasteiger partial charge in [-0.05, 0) is 12.3 Å². The first-order chi connectivity index (χ1) is 9.90. The summed E-state index contributed by atoms with van der Waals surface area (Å²) in [4.78, 5) is 36.0. The topological polar surface area (TPSA) is 95.9 Å². The van der Waals surface area contributed by atoms with E-state index in [0.29, 0.717) is 25.5 Å². The molecule has 0 aromatic carbocycles. The maximum atomic E-state index is 12.1. The van der Waals surface area contributed by atoms with Gasteiger partial charge in [0, 0.05) is 13.0 Å². The average Bonchev–Trinajstić information content (AvgIpc) is 2.42. The minimum absolute atomic E-state index is 0.0902. The lowest BCUT2D eigenvalue weighted by atomic mass is 10.1. The second-order valence-electron chi connectivity index (χ2n) is 5.62. The normalized spacial score (nSPS) is 18.6. The average molecular weight is 300 g/mol. The van der Waals surface area contributed by atoms with E-state index in [4.69, 9.17) is 9.84 Å². The van der Waals surface area contributed by atoms with Crippen LogP contribution in [0.3, 0.4) is 0 Å². The highest BCUT2D eigenvalue weighted by atomic mass is 16.5. The standard InChI is InChI=1S/C14H24N2O5/c1-10(2)3-4-12(17)15-8-13(18)16-5-6-21-9-11(16)7-14(19)20/h10-11H,3-9H2,1-2H3,(H,15,17)(H,19,20). The molecule has 0 spiro atoms. The number of amides is 2. The summed E-state index contributed by atoms with van der Waals surface area (Å²) in [5.41, 5.74) is 0. The van der Waals surface area contributed by atoms with Crippen molar-refractivity contribution in [1.82, 2.24) is 10.2 Å².